The van der Waals surface area contributed by atoms with Crippen LogP contribution in [-0.2, 0) is 24.4 Å². The van der Waals surface area contributed by atoms with Crippen LogP contribution < -0.4 is 20.7 Å². The van der Waals surface area contributed by atoms with Crippen LogP contribution in [0, 0.1) is 18.3 Å². The summed E-state index contributed by atoms with van der Waals surface area (Å²) < 4.78 is 39.3. The second-order valence-electron chi connectivity index (χ2n) is 12.7. The minimum atomic E-state index is -4.22. The topological polar surface area (TPSA) is 203 Å². The van der Waals surface area contributed by atoms with Gasteiger partial charge >= 0.3 is 0 Å². The molecule has 0 aliphatic carbocycles. The van der Waals surface area contributed by atoms with E-state index in [1.165, 1.54) is 25.3 Å². The second-order valence-corrected chi connectivity index (χ2v) is 14.4. The van der Waals surface area contributed by atoms with Gasteiger partial charge in [0.2, 0.25) is 33.5 Å². The van der Waals surface area contributed by atoms with Crippen molar-refractivity contribution in [2.75, 3.05) is 6.54 Å². The summed E-state index contributed by atoms with van der Waals surface area (Å²) in [6.07, 6.45) is 1.11. The summed E-state index contributed by atoms with van der Waals surface area (Å²) in [5, 5.41) is 15.4. The summed E-state index contributed by atoms with van der Waals surface area (Å²) in [5.41, 5.74) is 0.577. The molecule has 3 aromatic rings. The lowest BCUT2D eigenvalue weighted by Gasteiger charge is -2.24. The Bertz CT molecular complexity index is 1610. The third kappa shape index (κ3) is 10.6. The van der Waals surface area contributed by atoms with Crippen LogP contribution in [0.1, 0.15) is 70.6 Å². The van der Waals surface area contributed by atoms with Crippen molar-refractivity contribution < 1.29 is 36.4 Å². The third-order valence-electron chi connectivity index (χ3n) is 6.61. The lowest BCUT2D eigenvalue weighted by Crippen LogP contribution is -2.55. The van der Waals surface area contributed by atoms with Crippen LogP contribution in [0.25, 0.3) is 11.7 Å². The first-order valence-electron chi connectivity index (χ1n) is 14.8. The molecule has 3 amide bonds. The molecule has 15 heteroatoms. The second kappa shape index (κ2) is 15.3. The van der Waals surface area contributed by atoms with Crippen molar-refractivity contribution in [1.82, 2.24) is 30.9 Å². The predicted molar refractivity (Wildman–Crippen MR) is 168 cm³/mol. The minimum Gasteiger partial charge on any atom is -0.459 e. The van der Waals surface area contributed by atoms with Crippen LogP contribution in [0.3, 0.4) is 0 Å². The van der Waals surface area contributed by atoms with E-state index in [-0.39, 0.29) is 46.7 Å². The normalized spacial score (nSPS) is 13.9. The molecule has 2 heterocycles. The highest BCUT2D eigenvalue weighted by atomic mass is 32.2. The number of nitrogens with one attached hydrogen (secondary N) is 4. The van der Waals surface area contributed by atoms with E-state index in [0.29, 0.717) is 0 Å². The van der Waals surface area contributed by atoms with Crippen molar-refractivity contribution in [3.05, 3.63) is 54.1 Å². The average Bonchev–Trinajstić information content (AvgIpc) is 3.67. The molecular formula is C31H42N6O8S. The summed E-state index contributed by atoms with van der Waals surface area (Å²) >= 11 is 0. The number of aryl methyl sites for hydroxylation is 1. The summed E-state index contributed by atoms with van der Waals surface area (Å²) in [5.74, 6) is -2.92. The quantitative estimate of drug-likeness (QED) is 0.176. The van der Waals surface area contributed by atoms with E-state index in [1.54, 1.807) is 31.2 Å². The predicted octanol–water partition coefficient (Wildman–Crippen LogP) is 2.76. The zero-order chi connectivity index (χ0) is 34.2. The Labute approximate surface area is 268 Å². The maximum atomic E-state index is 13.4. The van der Waals surface area contributed by atoms with Crippen LogP contribution in [0.5, 0.6) is 0 Å². The molecular weight excluding hydrogens is 616 g/mol. The van der Waals surface area contributed by atoms with Crippen molar-refractivity contribution >= 4 is 33.5 Å². The summed E-state index contributed by atoms with van der Waals surface area (Å²) in [4.78, 5) is 52.5. The lowest BCUT2D eigenvalue weighted by atomic mass is 9.97. The first kappa shape index (κ1) is 36.1. The number of carbonyl (C=O) groups excluding carboxylic acids is 4. The van der Waals surface area contributed by atoms with Crippen molar-refractivity contribution in [3.8, 4) is 11.7 Å². The van der Waals surface area contributed by atoms with Gasteiger partial charge in [0, 0.05) is 6.54 Å². The van der Waals surface area contributed by atoms with Crippen molar-refractivity contribution in [2.45, 2.75) is 84.3 Å². The van der Waals surface area contributed by atoms with Crippen molar-refractivity contribution in [2.24, 2.45) is 11.3 Å². The number of hydrogen-bond donors (Lipinski definition) is 4. The van der Waals surface area contributed by atoms with Gasteiger partial charge in [0.1, 0.15) is 12.1 Å². The highest BCUT2D eigenvalue weighted by Crippen LogP contribution is 2.20. The molecule has 0 aliphatic rings. The molecule has 0 aliphatic heterocycles. The van der Waals surface area contributed by atoms with Crippen LogP contribution in [-0.4, -0.2) is 66.8 Å². The van der Waals surface area contributed by atoms with E-state index in [2.05, 4.69) is 30.9 Å². The molecule has 46 heavy (non-hydrogen) atoms. The maximum Gasteiger partial charge on any atom is 0.286 e. The Morgan fingerprint density at radius 2 is 1.59 bits per heavy atom. The van der Waals surface area contributed by atoms with Gasteiger partial charge in [-0.05, 0) is 55.9 Å². The van der Waals surface area contributed by atoms with Gasteiger partial charge in [-0.15, -0.1) is 10.2 Å². The molecule has 0 saturated carbocycles. The van der Waals surface area contributed by atoms with Crippen LogP contribution in [0.15, 0.2) is 56.4 Å². The first-order chi connectivity index (χ1) is 21.4. The van der Waals surface area contributed by atoms with E-state index in [1.807, 2.05) is 34.6 Å². The number of rotatable bonds is 15. The SMILES string of the molecule is Cc1ccc(S(=O)(=O)N[C@@H](CC(=O)NCC(C)(C)C)C(=O)N[C@@H](C)C(=O)N[C@@H](CC(C)C)C(=O)c2nnc(-c3ccco3)o2)cc1. The van der Waals surface area contributed by atoms with Gasteiger partial charge in [-0.3, -0.25) is 19.2 Å². The monoisotopic (exact) mass is 658 g/mol. The van der Waals surface area contributed by atoms with Crippen LogP contribution in [0.2, 0.25) is 0 Å². The Hall–Kier alpha value is -4.37. The molecule has 3 rings (SSSR count). The molecule has 14 nitrogen and oxygen atoms in total. The highest BCUT2D eigenvalue weighted by Gasteiger charge is 2.33. The van der Waals surface area contributed by atoms with Crippen molar-refractivity contribution in [1.29, 1.82) is 0 Å². The summed E-state index contributed by atoms with van der Waals surface area (Å²) in [7, 11) is -4.22. The van der Waals surface area contributed by atoms with Crippen LogP contribution >= 0.6 is 0 Å². The van der Waals surface area contributed by atoms with E-state index in [4.69, 9.17) is 8.83 Å². The molecule has 2 aromatic heterocycles. The fourth-order valence-electron chi connectivity index (χ4n) is 4.13. The van der Waals surface area contributed by atoms with Gasteiger partial charge in [-0.1, -0.05) is 52.3 Å². The summed E-state index contributed by atoms with van der Waals surface area (Å²) in [6.45, 7) is 12.9. The van der Waals surface area contributed by atoms with Gasteiger partial charge in [0.15, 0.2) is 5.76 Å². The van der Waals surface area contributed by atoms with Crippen molar-refractivity contribution in [3.63, 3.8) is 0 Å². The highest BCUT2D eigenvalue weighted by molar-refractivity contribution is 7.89. The molecule has 1 aromatic carbocycles. The molecule has 250 valence electrons. The number of aromatic nitrogens is 2. The molecule has 0 bridgehead atoms. The van der Waals surface area contributed by atoms with Gasteiger partial charge in [0.25, 0.3) is 11.8 Å². The zero-order valence-corrected chi connectivity index (χ0v) is 27.9. The van der Waals surface area contributed by atoms with Gasteiger partial charge in [0.05, 0.1) is 23.6 Å². The van der Waals surface area contributed by atoms with E-state index >= 15 is 0 Å². The fourth-order valence-corrected chi connectivity index (χ4v) is 5.33. The molecule has 0 saturated heterocycles. The third-order valence-corrected chi connectivity index (χ3v) is 8.10. The minimum absolute atomic E-state index is 0.00530. The number of carbonyl (C=O) groups is 4. The van der Waals surface area contributed by atoms with Gasteiger partial charge in [-0.25, -0.2) is 8.42 Å². The smallest absolute Gasteiger partial charge is 0.286 e. The number of benzene rings is 1. The molecule has 0 fully saturated rings. The van der Waals surface area contributed by atoms with E-state index in [9.17, 15) is 27.6 Å². The lowest BCUT2D eigenvalue weighted by molar-refractivity contribution is -0.131. The average molecular weight is 659 g/mol. The first-order valence-corrected chi connectivity index (χ1v) is 16.3. The standard InChI is InChI=1S/C31H42N6O8S/c1-18(2)15-22(26(39)30-36-35-29(45-30)24-9-8-14-44-24)34-27(40)20(4)33-28(41)23(16-25(38)32-17-31(5,6)7)37-46(42,43)21-12-10-19(3)11-13-21/h8-14,18,20,22-23,37H,15-17H2,1-7H3,(H,32,38)(H,33,41)(H,34,40)/t20-,22-,23-/m0/s1. The Kier molecular flexibility index (Phi) is 12.0. The number of ketones is 1. The Morgan fingerprint density at radius 3 is 2.17 bits per heavy atom. The van der Waals surface area contributed by atoms with E-state index in [0.717, 1.165) is 5.56 Å². The van der Waals surface area contributed by atoms with Gasteiger partial charge in [-0.2, -0.15) is 4.72 Å². The largest absolute Gasteiger partial charge is 0.459 e. The van der Waals surface area contributed by atoms with E-state index < -0.39 is 58.1 Å². The number of amides is 3. The number of nitrogens with zero attached hydrogens (tertiary/aromatic N) is 2. The molecule has 0 radical (unpaired) electrons. The Balaban J connectivity index is 1.75. The number of furan rings is 1. The molecule has 3 atom stereocenters. The number of sulfonamides is 1. The Morgan fingerprint density at radius 1 is 0.913 bits per heavy atom. The van der Waals surface area contributed by atoms with Crippen LogP contribution in [0.4, 0.5) is 0 Å². The maximum absolute atomic E-state index is 13.4. The molecule has 0 spiro atoms. The molecule has 0 unspecified atom stereocenters. The summed E-state index contributed by atoms with van der Waals surface area (Å²) in [6, 6.07) is 5.34. The number of Topliss-reactive ketones (excluding diaryl/α,β-unsaturated/α-hetero) is 1. The molecule has 4 N–H and O–H groups in total. The van der Waals surface area contributed by atoms with Gasteiger partial charge < -0.3 is 24.8 Å². The fraction of sp³-hybridized carbons (Fsp3) is 0.484. The zero-order valence-electron chi connectivity index (χ0n) is 27.0. The number of hydrogen-bond acceptors (Lipinski definition) is 10.